The molecular formula is C22H24ClN3O5. The molecule has 164 valence electrons. The summed E-state index contributed by atoms with van der Waals surface area (Å²) in [6.45, 7) is 3.71. The lowest BCUT2D eigenvalue weighted by atomic mass is 10.2. The van der Waals surface area contributed by atoms with Crippen LogP contribution in [0.15, 0.2) is 40.8 Å². The first-order valence-corrected chi connectivity index (χ1v) is 9.92. The number of hydrogen-bond acceptors (Lipinski definition) is 7. The Balaban J connectivity index is 1.65. The average Bonchev–Trinajstić information content (AvgIpc) is 3.23. The van der Waals surface area contributed by atoms with Crippen LogP contribution < -0.4 is 14.2 Å². The van der Waals surface area contributed by atoms with Crippen LogP contribution in [-0.4, -0.2) is 48.4 Å². The van der Waals surface area contributed by atoms with E-state index in [1.807, 2.05) is 6.92 Å². The smallest absolute Gasteiger partial charge is 0.263 e. The molecule has 2 aromatic carbocycles. The highest BCUT2D eigenvalue weighted by atomic mass is 35.5. The normalized spacial score (nSPS) is 11.7. The van der Waals surface area contributed by atoms with Gasteiger partial charge in [-0.25, -0.2) is 0 Å². The molecule has 3 rings (SSSR count). The summed E-state index contributed by atoms with van der Waals surface area (Å²) in [4.78, 5) is 14.2. The molecule has 1 heterocycles. The molecule has 0 saturated carbocycles. The maximum atomic E-state index is 12.7. The van der Waals surface area contributed by atoms with E-state index < -0.39 is 6.10 Å². The molecule has 1 atom stereocenters. The quantitative estimate of drug-likeness (QED) is 0.514. The molecule has 0 aliphatic rings. The molecule has 3 aromatic rings. The van der Waals surface area contributed by atoms with E-state index in [1.54, 1.807) is 64.6 Å². The van der Waals surface area contributed by atoms with E-state index in [1.165, 1.54) is 4.90 Å². The first-order valence-electron chi connectivity index (χ1n) is 9.55. The van der Waals surface area contributed by atoms with E-state index >= 15 is 0 Å². The molecule has 0 saturated heterocycles. The monoisotopic (exact) mass is 445 g/mol. The number of halogens is 1. The van der Waals surface area contributed by atoms with E-state index in [9.17, 15) is 4.79 Å². The standard InChI is InChI=1S/C22H24ClN3O5/c1-13-10-16(7-8-17(13)23)30-14(2)22(27)26(3)12-20-24-25-21(31-20)15-6-9-18(28-4)19(11-15)29-5/h6-11,14H,12H2,1-5H3/t14-/m1/s1. The number of hydrogen-bond donors (Lipinski definition) is 0. The highest BCUT2D eigenvalue weighted by Gasteiger charge is 2.22. The van der Waals surface area contributed by atoms with Crippen LogP contribution in [-0.2, 0) is 11.3 Å². The van der Waals surface area contributed by atoms with E-state index in [0.29, 0.717) is 39.6 Å². The number of rotatable bonds is 8. The molecule has 0 aliphatic heterocycles. The molecule has 0 fully saturated rings. The van der Waals surface area contributed by atoms with Crippen molar-refractivity contribution in [1.29, 1.82) is 0 Å². The summed E-state index contributed by atoms with van der Waals surface area (Å²) in [6, 6.07) is 10.5. The molecular weight excluding hydrogens is 422 g/mol. The van der Waals surface area contributed by atoms with Crippen molar-refractivity contribution >= 4 is 17.5 Å². The Morgan fingerprint density at radius 2 is 1.87 bits per heavy atom. The zero-order valence-electron chi connectivity index (χ0n) is 18.0. The second-order valence-electron chi connectivity index (χ2n) is 6.94. The Morgan fingerprint density at radius 1 is 1.13 bits per heavy atom. The van der Waals surface area contributed by atoms with Crippen LogP contribution in [0.3, 0.4) is 0 Å². The van der Waals surface area contributed by atoms with Crippen LogP contribution in [0, 0.1) is 6.92 Å². The molecule has 9 heteroatoms. The van der Waals surface area contributed by atoms with Crippen LogP contribution in [0.2, 0.25) is 5.02 Å². The number of ether oxygens (including phenoxy) is 3. The van der Waals surface area contributed by atoms with Crippen molar-refractivity contribution in [3.8, 4) is 28.7 Å². The molecule has 1 amide bonds. The van der Waals surface area contributed by atoms with Crippen LogP contribution in [0.25, 0.3) is 11.5 Å². The summed E-state index contributed by atoms with van der Waals surface area (Å²) in [5, 5.41) is 8.75. The first kappa shape index (κ1) is 22.4. The van der Waals surface area contributed by atoms with E-state index in [0.717, 1.165) is 5.56 Å². The summed E-state index contributed by atoms with van der Waals surface area (Å²) in [6.07, 6.45) is -0.696. The summed E-state index contributed by atoms with van der Waals surface area (Å²) in [7, 11) is 4.76. The maximum absolute atomic E-state index is 12.7. The van der Waals surface area contributed by atoms with Gasteiger partial charge >= 0.3 is 0 Å². The second kappa shape index (κ2) is 9.70. The number of amides is 1. The van der Waals surface area contributed by atoms with E-state index in [-0.39, 0.29) is 12.5 Å². The van der Waals surface area contributed by atoms with Crippen molar-refractivity contribution in [3.05, 3.63) is 52.9 Å². The number of methoxy groups -OCH3 is 2. The predicted octanol–water partition coefficient (Wildman–Crippen LogP) is 4.14. The number of aromatic nitrogens is 2. The molecule has 0 radical (unpaired) electrons. The van der Waals surface area contributed by atoms with E-state index in [4.69, 9.17) is 30.2 Å². The summed E-state index contributed by atoms with van der Waals surface area (Å²) < 4.78 is 22.0. The highest BCUT2D eigenvalue weighted by Crippen LogP contribution is 2.31. The predicted molar refractivity (Wildman–Crippen MR) is 116 cm³/mol. The minimum Gasteiger partial charge on any atom is -0.493 e. The topological polar surface area (TPSA) is 86.9 Å². The van der Waals surface area contributed by atoms with Crippen molar-refractivity contribution in [2.45, 2.75) is 26.5 Å². The van der Waals surface area contributed by atoms with Crippen molar-refractivity contribution in [1.82, 2.24) is 15.1 Å². The van der Waals surface area contributed by atoms with Crippen LogP contribution in [0.1, 0.15) is 18.4 Å². The maximum Gasteiger partial charge on any atom is 0.263 e. The van der Waals surface area contributed by atoms with Gasteiger partial charge in [-0.2, -0.15) is 0 Å². The third-order valence-corrected chi connectivity index (χ3v) is 5.06. The molecule has 8 nitrogen and oxygen atoms in total. The van der Waals surface area contributed by atoms with Gasteiger partial charge < -0.3 is 23.5 Å². The Morgan fingerprint density at radius 3 is 2.55 bits per heavy atom. The van der Waals surface area contributed by atoms with Gasteiger partial charge in [-0.1, -0.05) is 11.6 Å². The van der Waals surface area contributed by atoms with Crippen molar-refractivity contribution < 1.29 is 23.4 Å². The fourth-order valence-electron chi connectivity index (χ4n) is 2.94. The molecule has 1 aromatic heterocycles. The molecule has 0 bridgehead atoms. The van der Waals surface area contributed by atoms with Crippen molar-refractivity contribution in [3.63, 3.8) is 0 Å². The number of carbonyl (C=O) groups excluding carboxylic acids is 1. The minimum atomic E-state index is -0.696. The molecule has 0 unspecified atom stereocenters. The summed E-state index contributed by atoms with van der Waals surface area (Å²) in [5.74, 6) is 2.12. The number of likely N-dealkylation sites (N-methyl/N-ethyl adjacent to an activating group) is 1. The Kier molecular flexibility index (Phi) is 7.02. The average molecular weight is 446 g/mol. The van der Waals surface area contributed by atoms with Crippen molar-refractivity contribution in [2.24, 2.45) is 0 Å². The highest BCUT2D eigenvalue weighted by molar-refractivity contribution is 6.31. The summed E-state index contributed by atoms with van der Waals surface area (Å²) in [5.41, 5.74) is 1.56. The van der Waals surface area contributed by atoms with Crippen LogP contribution in [0.4, 0.5) is 0 Å². The molecule has 0 N–H and O–H groups in total. The fraction of sp³-hybridized carbons (Fsp3) is 0.318. The summed E-state index contributed by atoms with van der Waals surface area (Å²) >= 11 is 6.03. The second-order valence-corrected chi connectivity index (χ2v) is 7.34. The van der Waals surface area contributed by atoms with Gasteiger partial charge in [0.2, 0.25) is 11.8 Å². The number of aryl methyl sites for hydroxylation is 1. The van der Waals surface area contributed by atoms with Gasteiger partial charge in [0.05, 0.1) is 20.8 Å². The minimum absolute atomic E-state index is 0.145. The van der Waals surface area contributed by atoms with E-state index in [2.05, 4.69) is 10.2 Å². The van der Waals surface area contributed by atoms with Gasteiger partial charge in [0, 0.05) is 17.6 Å². The lowest BCUT2D eigenvalue weighted by Gasteiger charge is -2.21. The Bertz CT molecular complexity index is 1070. The molecule has 31 heavy (non-hydrogen) atoms. The van der Waals surface area contributed by atoms with Crippen molar-refractivity contribution in [2.75, 3.05) is 21.3 Å². The van der Waals surface area contributed by atoms with Gasteiger partial charge in [0.15, 0.2) is 17.6 Å². The number of benzene rings is 2. The zero-order chi connectivity index (χ0) is 22.5. The third-order valence-electron chi connectivity index (χ3n) is 4.64. The Hall–Kier alpha value is -3.26. The lowest BCUT2D eigenvalue weighted by Crippen LogP contribution is -2.37. The van der Waals surface area contributed by atoms with Crippen LogP contribution in [0.5, 0.6) is 17.2 Å². The third kappa shape index (κ3) is 5.27. The fourth-order valence-corrected chi connectivity index (χ4v) is 3.06. The molecule has 0 aliphatic carbocycles. The van der Waals surface area contributed by atoms with Crippen LogP contribution >= 0.6 is 11.6 Å². The number of nitrogens with zero attached hydrogens (tertiary/aromatic N) is 3. The van der Waals surface area contributed by atoms with Gasteiger partial charge in [-0.3, -0.25) is 4.79 Å². The van der Waals surface area contributed by atoms with Gasteiger partial charge in [-0.05, 0) is 55.8 Å². The SMILES string of the molecule is COc1ccc(-c2nnc(CN(C)C(=O)[C@@H](C)Oc3ccc(Cl)c(C)c3)o2)cc1OC. The Labute approximate surface area is 185 Å². The van der Waals surface area contributed by atoms with Gasteiger partial charge in [0.1, 0.15) is 5.75 Å². The lowest BCUT2D eigenvalue weighted by molar-refractivity contribution is -0.137. The first-order chi connectivity index (χ1) is 14.8. The largest absolute Gasteiger partial charge is 0.493 e. The zero-order valence-corrected chi connectivity index (χ0v) is 18.8. The van der Waals surface area contributed by atoms with Gasteiger partial charge in [-0.15, -0.1) is 10.2 Å². The van der Waals surface area contributed by atoms with Gasteiger partial charge in [0.25, 0.3) is 5.91 Å². The number of carbonyl (C=O) groups is 1. The molecule has 0 spiro atoms.